The number of rotatable bonds is 6. The van der Waals surface area contributed by atoms with Crippen LogP contribution in [0.4, 0.5) is 4.39 Å². The lowest BCUT2D eigenvalue weighted by atomic mass is 9.38. The van der Waals surface area contributed by atoms with Crippen LogP contribution in [0.15, 0.2) is 28.8 Å². The van der Waals surface area contributed by atoms with Crippen molar-refractivity contribution in [1.29, 1.82) is 0 Å². The molecule has 4 saturated carbocycles. The normalized spacial score (nSPS) is 28.7. The van der Waals surface area contributed by atoms with Crippen LogP contribution in [0.2, 0.25) is 5.02 Å². The molecule has 6 rings (SSSR count). The molecule has 0 aliphatic heterocycles. The maximum absolute atomic E-state index is 13.4. The van der Waals surface area contributed by atoms with E-state index in [-0.39, 0.29) is 34.2 Å². The summed E-state index contributed by atoms with van der Waals surface area (Å²) in [6.07, 6.45) is 6.32. The van der Waals surface area contributed by atoms with Gasteiger partial charge in [0.15, 0.2) is 6.61 Å². The van der Waals surface area contributed by atoms with Gasteiger partial charge < -0.3 is 14.6 Å². The Balaban J connectivity index is 1.13. The highest BCUT2D eigenvalue weighted by Crippen LogP contribution is 2.67. The van der Waals surface area contributed by atoms with Gasteiger partial charge >= 0.3 is 0 Å². The van der Waals surface area contributed by atoms with E-state index in [2.05, 4.69) is 16.5 Å². The summed E-state index contributed by atoms with van der Waals surface area (Å²) in [6, 6.07) is 6.24. The van der Waals surface area contributed by atoms with Crippen LogP contribution in [0, 0.1) is 5.82 Å². The lowest BCUT2D eigenvalue weighted by molar-refractivity contribution is -0.140. The zero-order valence-corrected chi connectivity index (χ0v) is 15.5. The second kappa shape index (κ2) is 5.96. The number of nitrogens with one attached hydrogen (secondary N) is 1. The fourth-order valence-corrected chi connectivity index (χ4v) is 4.78. The summed E-state index contributed by atoms with van der Waals surface area (Å²) in [7, 11) is 0. The smallest absolute Gasteiger partial charge is 0.258 e. The molecule has 0 spiro atoms. The van der Waals surface area contributed by atoms with E-state index in [1.807, 2.05) is 0 Å². The van der Waals surface area contributed by atoms with Gasteiger partial charge in [-0.15, -0.1) is 0 Å². The van der Waals surface area contributed by atoms with Gasteiger partial charge in [-0.3, -0.25) is 4.79 Å². The second-order valence-electron chi connectivity index (χ2n) is 8.25. The summed E-state index contributed by atoms with van der Waals surface area (Å²) in [5.74, 6) is 1.08. The molecule has 0 saturated heterocycles. The molecule has 1 N–H and O–H groups in total. The first-order valence-corrected chi connectivity index (χ1v) is 9.71. The summed E-state index contributed by atoms with van der Waals surface area (Å²) in [6.45, 7) is -0.147. The molecule has 0 unspecified atom stereocenters. The minimum atomic E-state index is -0.565. The van der Waals surface area contributed by atoms with Gasteiger partial charge in [0.25, 0.3) is 5.91 Å². The number of halogens is 2. The summed E-state index contributed by atoms with van der Waals surface area (Å²) in [5.41, 5.74) is 0.952. The molecule has 2 bridgehead atoms. The van der Waals surface area contributed by atoms with Gasteiger partial charge in [-0.2, -0.15) is 0 Å². The number of benzene rings is 1. The Morgan fingerprint density at radius 3 is 2.78 bits per heavy atom. The Labute approximate surface area is 161 Å². The minimum Gasteiger partial charge on any atom is -0.484 e. The number of hydrogen-bond donors (Lipinski definition) is 1. The standard InChI is InChI=1S/C20H20ClFN2O3/c21-14-5-4-13(6-15(14)22)26-8-18(25)23-20-9-19(10-20,11-20)17-7-16(27-24-17)12-2-1-3-12/h4-7,12H,1-3,8-11H2,(H,23,25). The molecular formula is C20H20ClFN2O3. The third-order valence-electron chi connectivity index (χ3n) is 6.28. The second-order valence-corrected chi connectivity index (χ2v) is 8.65. The first kappa shape index (κ1) is 17.0. The van der Waals surface area contributed by atoms with Crippen LogP contribution in [-0.4, -0.2) is 23.2 Å². The Morgan fingerprint density at radius 2 is 2.11 bits per heavy atom. The number of aromatic nitrogens is 1. The predicted octanol–water partition coefficient (Wildman–Crippen LogP) is 4.10. The van der Waals surface area contributed by atoms with Crippen LogP contribution < -0.4 is 10.1 Å². The third-order valence-corrected chi connectivity index (χ3v) is 6.58. The molecule has 1 heterocycles. The van der Waals surface area contributed by atoms with Crippen LogP contribution in [0.3, 0.4) is 0 Å². The molecule has 7 heteroatoms. The number of ether oxygens (including phenoxy) is 1. The molecular weight excluding hydrogens is 371 g/mol. The van der Waals surface area contributed by atoms with Gasteiger partial charge in [-0.05, 0) is 44.2 Å². The average Bonchev–Trinajstić information content (AvgIpc) is 2.98. The number of amides is 1. The fraction of sp³-hybridized carbons (Fsp3) is 0.500. The topological polar surface area (TPSA) is 64.4 Å². The molecule has 4 fully saturated rings. The predicted molar refractivity (Wildman–Crippen MR) is 96.4 cm³/mol. The van der Waals surface area contributed by atoms with Crippen LogP contribution in [0.5, 0.6) is 5.75 Å². The number of carbonyl (C=O) groups is 1. The van der Waals surface area contributed by atoms with Gasteiger partial charge in [-0.1, -0.05) is 23.2 Å². The van der Waals surface area contributed by atoms with Crippen molar-refractivity contribution in [3.63, 3.8) is 0 Å². The number of carbonyl (C=O) groups excluding carboxylic acids is 1. The molecule has 142 valence electrons. The van der Waals surface area contributed by atoms with Crippen LogP contribution in [0.1, 0.15) is 55.9 Å². The lowest BCUT2D eigenvalue weighted by Gasteiger charge is -2.69. The molecule has 4 aliphatic rings. The molecule has 0 atom stereocenters. The van der Waals surface area contributed by atoms with Crippen LogP contribution in [0.25, 0.3) is 0 Å². The zero-order valence-electron chi connectivity index (χ0n) is 14.8. The summed E-state index contributed by atoms with van der Waals surface area (Å²) in [4.78, 5) is 12.2. The number of hydrogen-bond acceptors (Lipinski definition) is 4. The Bertz CT molecular complexity index is 889. The van der Waals surface area contributed by atoms with Crippen molar-refractivity contribution < 1.29 is 18.4 Å². The van der Waals surface area contributed by atoms with Gasteiger partial charge in [0, 0.05) is 29.0 Å². The first-order chi connectivity index (χ1) is 13.0. The third kappa shape index (κ3) is 2.81. The van der Waals surface area contributed by atoms with E-state index in [1.165, 1.54) is 31.4 Å². The maximum atomic E-state index is 13.4. The quantitative estimate of drug-likeness (QED) is 0.806. The van der Waals surface area contributed by atoms with Crippen molar-refractivity contribution in [3.05, 3.63) is 46.6 Å². The first-order valence-electron chi connectivity index (χ1n) is 9.33. The molecule has 1 aromatic carbocycles. The van der Waals surface area contributed by atoms with Gasteiger partial charge in [-0.25, -0.2) is 4.39 Å². The van der Waals surface area contributed by atoms with Crippen molar-refractivity contribution in [2.24, 2.45) is 0 Å². The molecule has 5 nitrogen and oxygen atoms in total. The fourth-order valence-electron chi connectivity index (χ4n) is 4.66. The summed E-state index contributed by atoms with van der Waals surface area (Å²) >= 11 is 5.63. The van der Waals surface area contributed by atoms with Crippen molar-refractivity contribution in [2.75, 3.05) is 6.61 Å². The van der Waals surface area contributed by atoms with E-state index in [0.29, 0.717) is 5.92 Å². The summed E-state index contributed by atoms with van der Waals surface area (Å²) < 4.78 is 24.3. The molecule has 1 aromatic heterocycles. The van der Waals surface area contributed by atoms with Crippen molar-refractivity contribution in [1.82, 2.24) is 10.5 Å². The molecule has 27 heavy (non-hydrogen) atoms. The van der Waals surface area contributed by atoms with Crippen molar-refractivity contribution >= 4 is 17.5 Å². The lowest BCUT2D eigenvalue weighted by Crippen LogP contribution is -2.77. The monoisotopic (exact) mass is 390 g/mol. The average molecular weight is 391 g/mol. The molecule has 4 aliphatic carbocycles. The largest absolute Gasteiger partial charge is 0.484 e. The SMILES string of the molecule is O=C(COc1ccc(Cl)c(F)c1)NC12CC(c3cc(C4CCC4)on3)(C1)C2. The van der Waals surface area contributed by atoms with Crippen molar-refractivity contribution in [2.45, 2.75) is 55.4 Å². The van der Waals surface area contributed by atoms with E-state index in [9.17, 15) is 9.18 Å². The zero-order chi connectivity index (χ0) is 18.6. The highest BCUT2D eigenvalue weighted by atomic mass is 35.5. The Hall–Kier alpha value is -2.08. The van der Waals surface area contributed by atoms with Gasteiger partial charge in [0.1, 0.15) is 17.3 Å². The van der Waals surface area contributed by atoms with E-state index in [1.54, 1.807) is 6.07 Å². The highest BCUT2D eigenvalue weighted by molar-refractivity contribution is 6.30. The van der Waals surface area contributed by atoms with E-state index in [0.717, 1.165) is 30.7 Å². The van der Waals surface area contributed by atoms with Crippen LogP contribution >= 0.6 is 11.6 Å². The molecule has 1 amide bonds. The van der Waals surface area contributed by atoms with E-state index in [4.69, 9.17) is 20.9 Å². The Kier molecular flexibility index (Phi) is 3.76. The highest BCUT2D eigenvalue weighted by Gasteiger charge is 2.70. The van der Waals surface area contributed by atoms with E-state index >= 15 is 0 Å². The maximum Gasteiger partial charge on any atom is 0.258 e. The minimum absolute atomic E-state index is 0.0271. The summed E-state index contributed by atoms with van der Waals surface area (Å²) in [5, 5.41) is 7.38. The molecule has 2 aromatic rings. The van der Waals surface area contributed by atoms with Gasteiger partial charge in [0.05, 0.1) is 10.7 Å². The molecule has 0 radical (unpaired) electrons. The van der Waals surface area contributed by atoms with Gasteiger partial charge in [0.2, 0.25) is 0 Å². The Morgan fingerprint density at radius 1 is 1.33 bits per heavy atom. The van der Waals surface area contributed by atoms with Crippen molar-refractivity contribution in [3.8, 4) is 5.75 Å². The number of nitrogens with zero attached hydrogens (tertiary/aromatic N) is 1. The van der Waals surface area contributed by atoms with E-state index < -0.39 is 5.82 Å². The van der Waals surface area contributed by atoms with Crippen LogP contribution in [-0.2, 0) is 10.2 Å².